The van der Waals surface area contributed by atoms with Gasteiger partial charge < -0.3 is 9.72 Å². The van der Waals surface area contributed by atoms with Crippen molar-refractivity contribution in [2.75, 3.05) is 6.61 Å². The van der Waals surface area contributed by atoms with Gasteiger partial charge in [0.15, 0.2) is 0 Å². The number of rotatable bonds is 6. The molecule has 5 nitrogen and oxygen atoms in total. The topological polar surface area (TPSA) is 55.7 Å². The molecule has 0 saturated carbocycles. The molecule has 3 rings (SSSR count). The Morgan fingerprint density at radius 1 is 1.21 bits per heavy atom. The van der Waals surface area contributed by atoms with Gasteiger partial charge in [0.1, 0.15) is 27.2 Å². The number of para-hydroxylation sites is 1. The molecule has 0 amide bonds. The zero-order valence-electron chi connectivity index (χ0n) is 14.3. The zero-order valence-corrected chi connectivity index (χ0v) is 15.1. The maximum Gasteiger partial charge on any atom is 0.142 e. The summed E-state index contributed by atoms with van der Waals surface area (Å²) in [5.41, 5.74) is 3.67. The third-order valence-electron chi connectivity index (χ3n) is 3.85. The smallest absolute Gasteiger partial charge is 0.142 e. The van der Waals surface area contributed by atoms with Crippen molar-refractivity contribution in [3.8, 4) is 17.1 Å². The highest BCUT2D eigenvalue weighted by Crippen LogP contribution is 2.29. The molecule has 3 aromatic rings. The molecule has 0 aliphatic rings. The molecule has 0 spiro atoms. The van der Waals surface area contributed by atoms with E-state index in [-0.39, 0.29) is 0 Å². The minimum Gasteiger partial charge on any atom is -0.493 e. The fourth-order valence-electron chi connectivity index (χ4n) is 2.78. The lowest BCUT2D eigenvalue weighted by atomic mass is 10.1. The first kappa shape index (κ1) is 16.6. The minimum atomic E-state index is 0.651. The number of ether oxygens (including phenoxy) is 1. The average molecular weight is 342 g/mol. The van der Waals surface area contributed by atoms with Crippen LogP contribution in [-0.4, -0.2) is 26.4 Å². The van der Waals surface area contributed by atoms with E-state index in [1.54, 1.807) is 0 Å². The van der Waals surface area contributed by atoms with Crippen LogP contribution >= 0.6 is 12.2 Å². The maximum atomic E-state index is 5.86. The van der Waals surface area contributed by atoms with E-state index >= 15 is 0 Å². The van der Waals surface area contributed by atoms with Gasteiger partial charge in [-0.25, -0.2) is 4.98 Å². The molecule has 6 heteroatoms. The van der Waals surface area contributed by atoms with Gasteiger partial charge in [-0.1, -0.05) is 44.6 Å². The second-order valence-electron chi connectivity index (χ2n) is 5.78. The number of aryl methyl sites for hydroxylation is 2. The molecule has 0 atom stereocenters. The van der Waals surface area contributed by atoms with Crippen molar-refractivity contribution in [1.82, 2.24) is 19.7 Å². The van der Waals surface area contributed by atoms with Crippen LogP contribution in [0.4, 0.5) is 0 Å². The van der Waals surface area contributed by atoms with E-state index < -0.39 is 0 Å². The van der Waals surface area contributed by atoms with Crippen LogP contribution in [0.15, 0.2) is 24.3 Å². The summed E-state index contributed by atoms with van der Waals surface area (Å²) in [5.74, 6) is 1.54. The van der Waals surface area contributed by atoms with E-state index in [0.717, 1.165) is 53.1 Å². The Hall–Kier alpha value is -2.21. The largest absolute Gasteiger partial charge is 0.493 e. The van der Waals surface area contributed by atoms with Crippen LogP contribution in [-0.2, 0) is 13.5 Å². The van der Waals surface area contributed by atoms with E-state index in [4.69, 9.17) is 21.9 Å². The summed E-state index contributed by atoms with van der Waals surface area (Å²) in [7, 11) is 1.91. The van der Waals surface area contributed by atoms with Gasteiger partial charge in [0.25, 0.3) is 0 Å². The maximum absolute atomic E-state index is 5.86. The van der Waals surface area contributed by atoms with Crippen molar-refractivity contribution in [2.45, 2.75) is 33.1 Å². The molecule has 0 unspecified atom stereocenters. The lowest BCUT2D eigenvalue weighted by Gasteiger charge is -2.10. The average Bonchev–Trinajstić information content (AvgIpc) is 2.90. The Labute approximate surface area is 146 Å². The number of aromatic nitrogens is 4. The van der Waals surface area contributed by atoms with Crippen molar-refractivity contribution in [1.29, 1.82) is 0 Å². The van der Waals surface area contributed by atoms with E-state index in [2.05, 4.69) is 23.9 Å². The summed E-state index contributed by atoms with van der Waals surface area (Å²) in [6.45, 7) is 4.90. The lowest BCUT2D eigenvalue weighted by Crippen LogP contribution is -1.99. The molecule has 1 N–H and O–H groups in total. The summed E-state index contributed by atoms with van der Waals surface area (Å²) in [6, 6.07) is 7.91. The van der Waals surface area contributed by atoms with E-state index in [0.29, 0.717) is 11.2 Å². The van der Waals surface area contributed by atoms with Crippen molar-refractivity contribution in [3.63, 3.8) is 0 Å². The Kier molecular flexibility index (Phi) is 4.94. The van der Waals surface area contributed by atoms with E-state index in [1.807, 2.05) is 36.0 Å². The normalized spacial score (nSPS) is 11.1. The van der Waals surface area contributed by atoms with Gasteiger partial charge in [-0.3, -0.25) is 4.68 Å². The fraction of sp³-hybridized carbons (Fsp3) is 0.389. The van der Waals surface area contributed by atoms with Crippen LogP contribution in [0.1, 0.15) is 32.4 Å². The quantitative estimate of drug-likeness (QED) is 0.673. The SMILES string of the molecule is CCCOc1ccccc1-c1nc2c(CCC)nn(C)c2c(=S)[nH]1. The summed E-state index contributed by atoms with van der Waals surface area (Å²) in [5, 5.41) is 4.58. The molecular formula is C18H22N4OS. The van der Waals surface area contributed by atoms with Crippen LogP contribution in [0.3, 0.4) is 0 Å². The second kappa shape index (κ2) is 7.13. The van der Waals surface area contributed by atoms with Crippen LogP contribution < -0.4 is 4.74 Å². The molecule has 2 heterocycles. The number of hydrogen-bond acceptors (Lipinski definition) is 4. The van der Waals surface area contributed by atoms with Crippen LogP contribution in [0.2, 0.25) is 0 Å². The Bertz CT molecular complexity index is 913. The molecule has 1 aromatic carbocycles. The molecular weight excluding hydrogens is 320 g/mol. The third-order valence-corrected chi connectivity index (χ3v) is 4.15. The van der Waals surface area contributed by atoms with Gasteiger partial charge in [0.05, 0.1) is 17.9 Å². The predicted octanol–water partition coefficient (Wildman–Crippen LogP) is 4.43. The van der Waals surface area contributed by atoms with Crippen LogP contribution in [0.5, 0.6) is 5.75 Å². The van der Waals surface area contributed by atoms with E-state index in [9.17, 15) is 0 Å². The summed E-state index contributed by atoms with van der Waals surface area (Å²) in [4.78, 5) is 8.07. The second-order valence-corrected chi connectivity index (χ2v) is 6.18. The van der Waals surface area contributed by atoms with Gasteiger partial charge in [-0.2, -0.15) is 5.10 Å². The van der Waals surface area contributed by atoms with Gasteiger partial charge >= 0.3 is 0 Å². The standard InChI is InChI=1S/C18H22N4OS/c1-4-8-13-15-16(22(3)21-13)18(24)20-17(19-15)12-9-6-7-10-14(12)23-11-5-2/h6-7,9-10H,4-5,8,11H2,1-3H3,(H,19,20,24). The third kappa shape index (κ3) is 3.06. The molecule has 2 aromatic heterocycles. The Morgan fingerprint density at radius 3 is 2.75 bits per heavy atom. The molecule has 0 aliphatic heterocycles. The Balaban J connectivity index is 2.18. The highest BCUT2D eigenvalue weighted by atomic mass is 32.1. The van der Waals surface area contributed by atoms with E-state index in [1.165, 1.54) is 0 Å². The van der Waals surface area contributed by atoms with Crippen LogP contribution in [0, 0.1) is 4.64 Å². The monoisotopic (exact) mass is 342 g/mol. The molecule has 0 fully saturated rings. The van der Waals surface area contributed by atoms with Gasteiger partial charge in [-0.15, -0.1) is 0 Å². The number of benzene rings is 1. The van der Waals surface area contributed by atoms with Crippen molar-refractivity contribution in [2.24, 2.45) is 7.05 Å². The number of hydrogen-bond donors (Lipinski definition) is 1. The first-order valence-corrected chi connectivity index (χ1v) is 8.74. The van der Waals surface area contributed by atoms with Crippen molar-refractivity contribution in [3.05, 3.63) is 34.6 Å². The minimum absolute atomic E-state index is 0.651. The predicted molar refractivity (Wildman–Crippen MR) is 98.9 cm³/mol. The number of nitrogens with one attached hydrogen (secondary N) is 1. The molecule has 0 aliphatic carbocycles. The summed E-state index contributed by atoms with van der Waals surface area (Å²) < 4.78 is 8.33. The molecule has 126 valence electrons. The Morgan fingerprint density at radius 2 is 2.00 bits per heavy atom. The van der Waals surface area contributed by atoms with Gasteiger partial charge in [0.2, 0.25) is 0 Å². The van der Waals surface area contributed by atoms with Crippen molar-refractivity contribution >= 4 is 23.3 Å². The fourth-order valence-corrected chi connectivity index (χ4v) is 3.11. The molecule has 24 heavy (non-hydrogen) atoms. The first-order valence-electron chi connectivity index (χ1n) is 8.33. The molecule has 0 saturated heterocycles. The molecule has 0 bridgehead atoms. The number of nitrogens with zero attached hydrogens (tertiary/aromatic N) is 3. The first-order chi connectivity index (χ1) is 11.7. The zero-order chi connectivity index (χ0) is 17.1. The number of aromatic amines is 1. The molecule has 0 radical (unpaired) electrons. The highest BCUT2D eigenvalue weighted by Gasteiger charge is 2.15. The summed E-state index contributed by atoms with van der Waals surface area (Å²) in [6.07, 6.45) is 2.86. The summed E-state index contributed by atoms with van der Waals surface area (Å²) >= 11 is 5.56. The lowest BCUT2D eigenvalue weighted by molar-refractivity contribution is 0.318. The highest BCUT2D eigenvalue weighted by molar-refractivity contribution is 7.71. The van der Waals surface area contributed by atoms with Crippen LogP contribution in [0.25, 0.3) is 22.4 Å². The van der Waals surface area contributed by atoms with Gasteiger partial charge in [0, 0.05) is 7.05 Å². The van der Waals surface area contributed by atoms with Crippen molar-refractivity contribution < 1.29 is 4.74 Å². The number of fused-ring (bicyclic) bond motifs is 1. The number of H-pyrrole nitrogens is 1. The van der Waals surface area contributed by atoms with Gasteiger partial charge in [-0.05, 0) is 25.0 Å².